The Hall–Kier alpha value is -0.940. The van der Waals surface area contributed by atoms with Gasteiger partial charge in [0.25, 0.3) is 10.1 Å². The van der Waals surface area contributed by atoms with E-state index in [0.717, 1.165) is 17.6 Å². The number of hydrogen-bond donors (Lipinski definition) is 3. The minimum atomic E-state index is -3.85. The van der Waals surface area contributed by atoms with Crippen LogP contribution in [0.3, 0.4) is 0 Å². The summed E-state index contributed by atoms with van der Waals surface area (Å²) in [5.74, 6) is 0.638. The molecule has 0 aromatic heterocycles. The minimum absolute atomic E-state index is 0.0464. The summed E-state index contributed by atoms with van der Waals surface area (Å²) < 4.78 is 28.9. The van der Waals surface area contributed by atoms with Crippen molar-refractivity contribution in [2.24, 2.45) is 11.5 Å². The molecule has 2 aromatic carbocycles. The van der Waals surface area contributed by atoms with Crippen LogP contribution in [0.1, 0.15) is 5.56 Å². The van der Waals surface area contributed by atoms with Crippen molar-refractivity contribution in [3.8, 4) is 0 Å². The fourth-order valence-corrected chi connectivity index (χ4v) is 4.98. The zero-order valence-corrected chi connectivity index (χ0v) is 18.1. The lowest BCUT2D eigenvalue weighted by atomic mass is 10.2. The highest BCUT2D eigenvalue weighted by molar-refractivity contribution is 8.03. The minimum Gasteiger partial charge on any atom is -0.360 e. The second kappa shape index (κ2) is 10.0. The second-order valence-electron chi connectivity index (χ2n) is 5.62. The van der Waals surface area contributed by atoms with Crippen molar-refractivity contribution in [1.82, 2.24) is 0 Å². The van der Waals surface area contributed by atoms with E-state index in [2.05, 4.69) is 9.50 Å². The van der Waals surface area contributed by atoms with Gasteiger partial charge in [0.15, 0.2) is 0 Å². The summed E-state index contributed by atoms with van der Waals surface area (Å²) in [5.41, 5.74) is 12.8. The zero-order valence-electron chi connectivity index (χ0n) is 14.9. The average Bonchev–Trinajstić information content (AvgIpc) is 2.62. The summed E-state index contributed by atoms with van der Waals surface area (Å²) in [6.45, 7) is 1.80. The third-order valence-electron chi connectivity index (χ3n) is 3.47. The van der Waals surface area contributed by atoms with E-state index in [0.29, 0.717) is 16.5 Å². The second-order valence-corrected chi connectivity index (χ2v) is 10.2. The average molecular weight is 448 g/mol. The lowest BCUT2D eigenvalue weighted by Gasteiger charge is -2.20. The molecule has 2 rings (SSSR count). The summed E-state index contributed by atoms with van der Waals surface area (Å²) in [6.07, 6.45) is 0. The first-order chi connectivity index (χ1) is 12.7. The number of hydrogen-bond acceptors (Lipinski definition) is 8. The third kappa shape index (κ3) is 6.86. The Bertz CT molecular complexity index is 863. The number of thioether (sulfide) groups is 2. The molecule has 2 aromatic rings. The van der Waals surface area contributed by atoms with E-state index in [1.54, 1.807) is 30.8 Å². The Morgan fingerprint density at radius 3 is 2.48 bits per heavy atom. The molecule has 0 fully saturated rings. The van der Waals surface area contributed by atoms with Crippen LogP contribution in [-0.4, -0.2) is 32.2 Å². The zero-order chi connectivity index (χ0) is 20.0. The molecule has 0 aliphatic carbocycles. The van der Waals surface area contributed by atoms with Gasteiger partial charge < -0.3 is 16.8 Å². The smallest absolute Gasteiger partial charge is 0.298 e. The van der Waals surface area contributed by atoms with Gasteiger partial charge in [0, 0.05) is 15.7 Å². The van der Waals surface area contributed by atoms with Gasteiger partial charge in [0.1, 0.15) is 10.4 Å². The third-order valence-corrected chi connectivity index (χ3v) is 7.31. The van der Waals surface area contributed by atoms with Crippen LogP contribution in [0.5, 0.6) is 0 Å². The number of rotatable bonds is 9. The number of anilines is 1. The van der Waals surface area contributed by atoms with Gasteiger partial charge in [-0.3, -0.25) is 4.18 Å². The van der Waals surface area contributed by atoms with Crippen molar-refractivity contribution < 1.29 is 12.6 Å². The van der Waals surface area contributed by atoms with Crippen molar-refractivity contribution in [2.45, 2.75) is 27.6 Å². The first kappa shape index (κ1) is 22.4. The molecule has 0 saturated carbocycles. The molecular formula is C17H22ClN3O3S3. The van der Waals surface area contributed by atoms with E-state index in [1.165, 1.54) is 17.8 Å². The molecule has 0 aliphatic rings. The molecule has 10 heteroatoms. The van der Waals surface area contributed by atoms with E-state index in [-0.39, 0.29) is 10.3 Å². The molecule has 148 valence electrons. The molecule has 0 heterocycles. The maximum Gasteiger partial charge on any atom is 0.298 e. The van der Waals surface area contributed by atoms with Gasteiger partial charge in [-0.05, 0) is 48.9 Å². The van der Waals surface area contributed by atoms with Crippen LogP contribution in [0.4, 0.5) is 5.69 Å². The first-order valence-corrected chi connectivity index (χ1v) is 11.7. The van der Waals surface area contributed by atoms with Gasteiger partial charge >= 0.3 is 0 Å². The van der Waals surface area contributed by atoms with Crippen LogP contribution in [0.25, 0.3) is 0 Å². The lowest BCUT2D eigenvalue weighted by molar-refractivity contribution is 0.398. The van der Waals surface area contributed by atoms with Crippen LogP contribution in [-0.2, 0) is 14.3 Å². The Balaban J connectivity index is 1.97. The Morgan fingerprint density at radius 1 is 1.19 bits per heavy atom. The van der Waals surface area contributed by atoms with Gasteiger partial charge in [0.05, 0.1) is 18.2 Å². The predicted octanol–water partition coefficient (Wildman–Crippen LogP) is 3.45. The molecule has 0 bridgehead atoms. The highest BCUT2D eigenvalue weighted by atomic mass is 35.5. The first-order valence-electron chi connectivity index (χ1n) is 7.94. The van der Waals surface area contributed by atoms with Crippen LogP contribution in [0, 0.1) is 6.92 Å². The number of aryl methyl sites for hydroxylation is 1. The monoisotopic (exact) mass is 447 g/mol. The van der Waals surface area contributed by atoms with E-state index < -0.39 is 15.6 Å². The molecule has 0 spiro atoms. The van der Waals surface area contributed by atoms with Crippen LogP contribution in [0.2, 0.25) is 5.02 Å². The molecular weight excluding hydrogens is 426 g/mol. The van der Waals surface area contributed by atoms with Crippen molar-refractivity contribution in [3.63, 3.8) is 0 Å². The molecule has 0 saturated heterocycles. The van der Waals surface area contributed by atoms with E-state index in [1.807, 2.05) is 24.3 Å². The number of halogens is 1. The summed E-state index contributed by atoms with van der Waals surface area (Å²) in [6, 6.07) is 12.5. The highest BCUT2D eigenvalue weighted by Crippen LogP contribution is 2.28. The molecule has 0 radical (unpaired) electrons. The van der Waals surface area contributed by atoms with Crippen molar-refractivity contribution in [1.29, 1.82) is 0 Å². The van der Waals surface area contributed by atoms with Crippen LogP contribution >= 0.6 is 35.1 Å². The largest absolute Gasteiger partial charge is 0.360 e. The fourth-order valence-electron chi connectivity index (χ4n) is 2.17. The van der Waals surface area contributed by atoms with Crippen LogP contribution in [0.15, 0.2) is 52.3 Å². The molecule has 6 nitrogen and oxygen atoms in total. The van der Waals surface area contributed by atoms with Gasteiger partial charge in [-0.25, -0.2) is 0 Å². The Kier molecular flexibility index (Phi) is 8.29. The summed E-state index contributed by atoms with van der Waals surface area (Å²) in [7, 11) is -2.72. The highest BCUT2D eigenvalue weighted by Gasteiger charge is 2.20. The van der Waals surface area contributed by atoms with Gasteiger partial charge in [-0.15, -0.1) is 23.5 Å². The number of nitrogens with one attached hydrogen (secondary N) is 1. The van der Waals surface area contributed by atoms with Crippen LogP contribution < -0.4 is 16.8 Å². The maximum atomic E-state index is 12.1. The Labute approximate surface area is 173 Å². The lowest BCUT2D eigenvalue weighted by Crippen LogP contribution is -2.33. The summed E-state index contributed by atoms with van der Waals surface area (Å²) in [4.78, 5) is 1.11. The molecule has 5 N–H and O–H groups in total. The standard InChI is InChI=1S/C17H22ClN3O3S3/c1-11-3-8-14(15(9-11)27(22,23)24-2)21-17(20)26-16(19)10-25-13-6-4-12(18)5-7-13/h3-9,16-17,21H,10,19-20H2,1-2H3. The van der Waals surface area contributed by atoms with E-state index in [4.69, 9.17) is 23.1 Å². The Morgan fingerprint density at radius 2 is 1.85 bits per heavy atom. The van der Waals surface area contributed by atoms with Gasteiger partial charge in [-0.2, -0.15) is 8.42 Å². The molecule has 2 unspecified atom stereocenters. The van der Waals surface area contributed by atoms with Crippen molar-refractivity contribution >= 4 is 50.9 Å². The van der Waals surface area contributed by atoms with Crippen molar-refractivity contribution in [2.75, 3.05) is 18.2 Å². The van der Waals surface area contributed by atoms with E-state index >= 15 is 0 Å². The normalized spacial score (nSPS) is 14.0. The van der Waals surface area contributed by atoms with Crippen molar-refractivity contribution in [3.05, 3.63) is 53.1 Å². The predicted molar refractivity (Wildman–Crippen MR) is 115 cm³/mol. The molecule has 0 amide bonds. The number of nitrogens with two attached hydrogens (primary N) is 2. The molecule has 0 aliphatic heterocycles. The number of benzene rings is 2. The topological polar surface area (TPSA) is 107 Å². The quantitative estimate of drug-likeness (QED) is 0.305. The van der Waals surface area contributed by atoms with E-state index in [9.17, 15) is 8.42 Å². The summed E-state index contributed by atoms with van der Waals surface area (Å²) in [5, 5.41) is 3.42. The fraction of sp³-hybridized carbons (Fsp3) is 0.294. The maximum absolute atomic E-state index is 12.1. The SMILES string of the molecule is COS(=O)(=O)c1cc(C)ccc1NC(N)SC(N)CSc1ccc(Cl)cc1. The molecule has 27 heavy (non-hydrogen) atoms. The summed E-state index contributed by atoms with van der Waals surface area (Å²) >= 11 is 8.78. The molecule has 2 atom stereocenters. The van der Waals surface area contributed by atoms with Gasteiger partial charge in [-0.1, -0.05) is 17.7 Å². The van der Waals surface area contributed by atoms with Gasteiger partial charge in [0.2, 0.25) is 0 Å².